The van der Waals surface area contributed by atoms with E-state index in [2.05, 4.69) is 0 Å². The first-order valence-electron chi connectivity index (χ1n) is 8.86. The lowest BCUT2D eigenvalue weighted by molar-refractivity contribution is -0.130. The highest BCUT2D eigenvalue weighted by atomic mass is 32.2. The van der Waals surface area contributed by atoms with Crippen LogP contribution < -0.4 is 0 Å². The van der Waals surface area contributed by atoms with Gasteiger partial charge in [0.1, 0.15) is 0 Å². The summed E-state index contributed by atoms with van der Waals surface area (Å²) >= 11 is 1.51. The molecule has 1 amide bonds. The molecule has 0 N–H and O–H groups in total. The fraction of sp³-hybridized carbons (Fsp3) is 0.130. The van der Waals surface area contributed by atoms with Crippen LogP contribution in [0.2, 0.25) is 0 Å². The van der Waals surface area contributed by atoms with Crippen LogP contribution in [0.15, 0.2) is 96.0 Å². The highest BCUT2D eigenvalue weighted by Gasteiger charge is 2.50. The molecule has 0 unspecified atom stereocenters. The van der Waals surface area contributed by atoms with Crippen molar-refractivity contribution >= 4 is 22.8 Å². The molecule has 0 aromatic heterocycles. The number of nitrogens with zero attached hydrogens (tertiary/aromatic N) is 2. The third-order valence-corrected chi connectivity index (χ3v) is 5.47. The maximum absolute atomic E-state index is 13.8. The second-order valence-corrected chi connectivity index (χ2v) is 7.19. The molecule has 0 radical (unpaired) electrons. The van der Waals surface area contributed by atoms with E-state index in [-0.39, 0.29) is 5.91 Å². The normalized spacial score (nSPS) is 15.7. The second-order valence-electron chi connectivity index (χ2n) is 6.42. The molecule has 0 atom stereocenters. The average molecular weight is 372 g/mol. The van der Waals surface area contributed by atoms with Crippen molar-refractivity contribution < 1.29 is 4.79 Å². The summed E-state index contributed by atoms with van der Waals surface area (Å²) < 4.78 is 0. The SMILES string of the molecule is CSC1=NC(c2ccccc2)(c2ccccc2)C(=O)N1Cc1ccccc1. The molecule has 0 saturated carbocycles. The van der Waals surface area contributed by atoms with Crippen molar-refractivity contribution in [2.75, 3.05) is 6.26 Å². The quantitative estimate of drug-likeness (QED) is 0.665. The smallest absolute Gasteiger partial charge is 0.266 e. The number of benzene rings is 3. The monoisotopic (exact) mass is 372 g/mol. The fourth-order valence-electron chi connectivity index (χ4n) is 3.50. The van der Waals surface area contributed by atoms with E-state index >= 15 is 0 Å². The number of thioether (sulfide) groups is 1. The summed E-state index contributed by atoms with van der Waals surface area (Å²) in [4.78, 5) is 20.6. The third-order valence-electron chi connectivity index (χ3n) is 4.80. The molecular formula is C23H20N2OS. The van der Waals surface area contributed by atoms with E-state index in [0.717, 1.165) is 21.9 Å². The minimum atomic E-state index is -1.03. The van der Waals surface area contributed by atoms with Gasteiger partial charge in [0.05, 0.1) is 6.54 Å². The van der Waals surface area contributed by atoms with Crippen LogP contribution in [-0.4, -0.2) is 22.2 Å². The number of hydrogen-bond acceptors (Lipinski definition) is 3. The molecule has 3 aromatic rings. The van der Waals surface area contributed by atoms with Gasteiger partial charge in [0.15, 0.2) is 10.7 Å². The first kappa shape index (κ1) is 17.6. The number of hydrogen-bond donors (Lipinski definition) is 0. The average Bonchev–Trinajstić information content (AvgIpc) is 3.03. The Balaban J connectivity index is 1.85. The number of carbonyl (C=O) groups is 1. The Labute approximate surface area is 163 Å². The predicted molar refractivity (Wildman–Crippen MR) is 112 cm³/mol. The van der Waals surface area contributed by atoms with E-state index in [4.69, 9.17) is 4.99 Å². The van der Waals surface area contributed by atoms with E-state index in [1.807, 2.05) is 97.3 Å². The molecule has 1 aliphatic heterocycles. The highest BCUT2D eigenvalue weighted by molar-refractivity contribution is 8.13. The van der Waals surface area contributed by atoms with Crippen molar-refractivity contribution in [3.05, 3.63) is 108 Å². The molecule has 134 valence electrons. The fourth-order valence-corrected chi connectivity index (χ4v) is 4.09. The Kier molecular flexibility index (Phi) is 4.82. The molecule has 1 heterocycles. The first-order valence-corrected chi connectivity index (χ1v) is 10.1. The van der Waals surface area contributed by atoms with Crippen LogP contribution >= 0.6 is 11.8 Å². The number of rotatable bonds is 4. The Morgan fingerprint density at radius 1 is 0.815 bits per heavy atom. The topological polar surface area (TPSA) is 32.7 Å². The van der Waals surface area contributed by atoms with Gasteiger partial charge in [-0.25, -0.2) is 4.99 Å². The molecule has 4 rings (SSSR count). The summed E-state index contributed by atoms with van der Waals surface area (Å²) in [5, 5.41) is 0.747. The second kappa shape index (κ2) is 7.41. The number of aliphatic imine (C=N–C) groups is 1. The van der Waals surface area contributed by atoms with Gasteiger partial charge in [0.25, 0.3) is 5.91 Å². The van der Waals surface area contributed by atoms with E-state index in [1.165, 1.54) is 11.8 Å². The molecule has 27 heavy (non-hydrogen) atoms. The van der Waals surface area contributed by atoms with Crippen molar-refractivity contribution in [1.82, 2.24) is 4.90 Å². The maximum atomic E-state index is 13.8. The highest BCUT2D eigenvalue weighted by Crippen LogP contribution is 2.42. The van der Waals surface area contributed by atoms with Gasteiger partial charge in [-0.2, -0.15) is 0 Å². The van der Waals surface area contributed by atoms with Crippen LogP contribution in [0.4, 0.5) is 0 Å². The predicted octanol–water partition coefficient (Wildman–Crippen LogP) is 4.69. The summed E-state index contributed by atoms with van der Waals surface area (Å²) in [7, 11) is 0. The van der Waals surface area contributed by atoms with Gasteiger partial charge in [-0.3, -0.25) is 9.69 Å². The standard InChI is InChI=1S/C23H20N2OS/c1-27-22-24-23(19-13-7-3-8-14-19,20-15-9-4-10-16-20)21(26)25(22)17-18-11-5-2-6-12-18/h2-16H,17H2,1H3. The zero-order chi connectivity index (χ0) is 18.7. The molecule has 1 aliphatic rings. The molecule has 0 saturated heterocycles. The zero-order valence-electron chi connectivity index (χ0n) is 15.1. The molecule has 3 nitrogen and oxygen atoms in total. The molecule has 0 aliphatic carbocycles. The lowest BCUT2D eigenvalue weighted by atomic mass is 9.83. The summed E-state index contributed by atoms with van der Waals surface area (Å²) in [6, 6.07) is 29.7. The first-order chi connectivity index (χ1) is 13.3. The largest absolute Gasteiger partial charge is 0.284 e. The van der Waals surface area contributed by atoms with E-state index in [9.17, 15) is 4.79 Å². The molecule has 3 aromatic carbocycles. The van der Waals surface area contributed by atoms with Gasteiger partial charge in [-0.1, -0.05) is 103 Å². The number of amides is 1. The molecule has 4 heteroatoms. The summed E-state index contributed by atoms with van der Waals surface area (Å²) in [5.41, 5.74) is 1.84. The minimum Gasteiger partial charge on any atom is -0.284 e. The van der Waals surface area contributed by atoms with Crippen LogP contribution in [0, 0.1) is 0 Å². The van der Waals surface area contributed by atoms with Crippen molar-refractivity contribution in [3.8, 4) is 0 Å². The summed E-state index contributed by atoms with van der Waals surface area (Å²) in [6.07, 6.45) is 1.97. The summed E-state index contributed by atoms with van der Waals surface area (Å²) in [5.74, 6) is -0.00639. The Morgan fingerprint density at radius 2 is 1.30 bits per heavy atom. The van der Waals surface area contributed by atoms with E-state index in [1.54, 1.807) is 4.90 Å². The molecular weight excluding hydrogens is 352 g/mol. The van der Waals surface area contributed by atoms with Crippen molar-refractivity contribution in [1.29, 1.82) is 0 Å². The van der Waals surface area contributed by atoms with Gasteiger partial charge in [-0.05, 0) is 22.9 Å². The van der Waals surface area contributed by atoms with Gasteiger partial charge >= 0.3 is 0 Å². The van der Waals surface area contributed by atoms with Gasteiger partial charge < -0.3 is 0 Å². The van der Waals surface area contributed by atoms with E-state index in [0.29, 0.717) is 6.54 Å². The van der Waals surface area contributed by atoms with Gasteiger partial charge in [-0.15, -0.1) is 0 Å². The zero-order valence-corrected chi connectivity index (χ0v) is 15.9. The van der Waals surface area contributed by atoms with Crippen LogP contribution in [0.25, 0.3) is 0 Å². The van der Waals surface area contributed by atoms with E-state index < -0.39 is 5.54 Å². The lowest BCUT2D eigenvalue weighted by Gasteiger charge is -2.27. The number of carbonyl (C=O) groups excluding carboxylic acids is 1. The van der Waals surface area contributed by atoms with Crippen LogP contribution in [0.1, 0.15) is 16.7 Å². The third kappa shape index (κ3) is 3.06. The molecule has 0 bridgehead atoms. The van der Waals surface area contributed by atoms with Crippen molar-refractivity contribution in [2.24, 2.45) is 4.99 Å². The molecule has 0 spiro atoms. The lowest BCUT2D eigenvalue weighted by Crippen LogP contribution is -2.41. The Bertz CT molecular complexity index is 916. The van der Waals surface area contributed by atoms with Crippen LogP contribution in [0.3, 0.4) is 0 Å². The Morgan fingerprint density at radius 3 is 1.78 bits per heavy atom. The van der Waals surface area contributed by atoms with Gasteiger partial charge in [0.2, 0.25) is 0 Å². The minimum absolute atomic E-state index is 0.00639. The van der Waals surface area contributed by atoms with Crippen molar-refractivity contribution in [2.45, 2.75) is 12.1 Å². The Hall–Kier alpha value is -2.85. The summed E-state index contributed by atoms with van der Waals surface area (Å²) in [6.45, 7) is 0.515. The molecule has 0 fully saturated rings. The number of amidine groups is 1. The van der Waals surface area contributed by atoms with Crippen LogP contribution in [-0.2, 0) is 16.9 Å². The maximum Gasteiger partial charge on any atom is 0.266 e. The van der Waals surface area contributed by atoms with Crippen LogP contribution in [0.5, 0.6) is 0 Å². The van der Waals surface area contributed by atoms with Gasteiger partial charge in [0, 0.05) is 0 Å². The van der Waals surface area contributed by atoms with Crippen molar-refractivity contribution in [3.63, 3.8) is 0 Å².